The van der Waals surface area contributed by atoms with Crippen LogP contribution in [0.3, 0.4) is 0 Å². The number of fused-ring (bicyclic) bond motifs is 1. The summed E-state index contributed by atoms with van der Waals surface area (Å²) in [7, 11) is 1.70. The first kappa shape index (κ1) is 28.0. The molecule has 0 bridgehead atoms. The number of amides is 2. The Balaban J connectivity index is 0.000000275. The van der Waals surface area contributed by atoms with E-state index in [1.807, 2.05) is 4.90 Å². The average molecular weight is 515 g/mol. The van der Waals surface area contributed by atoms with Gasteiger partial charge >= 0.3 is 6.09 Å². The lowest BCUT2D eigenvalue weighted by atomic mass is 9.95. The number of aryl methyl sites for hydroxylation is 2. The summed E-state index contributed by atoms with van der Waals surface area (Å²) in [5, 5.41) is 11.4. The van der Waals surface area contributed by atoms with Crippen LogP contribution < -0.4 is 4.74 Å². The molecule has 2 aliphatic rings. The number of likely N-dealkylation sites (tertiary alicyclic amines) is 1. The summed E-state index contributed by atoms with van der Waals surface area (Å²) in [5.41, 5.74) is 5.27. The second-order valence-corrected chi connectivity index (χ2v) is 11.0. The smallest absolute Gasteiger partial charge is 0.407 e. The Kier molecular flexibility index (Phi) is 10.2. The fourth-order valence-corrected chi connectivity index (χ4v) is 6.36. The van der Waals surface area contributed by atoms with Crippen LogP contribution in [0.4, 0.5) is 4.79 Å². The molecule has 2 atom stereocenters. The third-order valence-electron chi connectivity index (χ3n) is 7.74. The Morgan fingerprint density at radius 2 is 1.83 bits per heavy atom. The Bertz CT molecular complexity index is 1010. The van der Waals surface area contributed by atoms with Crippen molar-refractivity contribution in [3.63, 3.8) is 0 Å². The first-order valence-corrected chi connectivity index (χ1v) is 14.1. The zero-order valence-corrected chi connectivity index (χ0v) is 23.3. The molecule has 2 aliphatic heterocycles. The van der Waals surface area contributed by atoms with E-state index in [2.05, 4.69) is 51.3 Å². The van der Waals surface area contributed by atoms with E-state index in [9.17, 15) is 14.7 Å². The van der Waals surface area contributed by atoms with E-state index in [1.165, 1.54) is 27.1 Å². The normalized spacial score (nSPS) is 19.2. The molecule has 2 amide bonds. The molecule has 4 rings (SSSR count). The maximum absolute atomic E-state index is 12.8. The number of methoxy groups -OCH3 is 1. The Morgan fingerprint density at radius 3 is 2.47 bits per heavy atom. The first-order chi connectivity index (χ1) is 17.3. The van der Waals surface area contributed by atoms with Crippen molar-refractivity contribution in [2.75, 3.05) is 20.2 Å². The maximum Gasteiger partial charge on any atom is 0.407 e. The van der Waals surface area contributed by atoms with Crippen LogP contribution in [0.25, 0.3) is 0 Å². The number of rotatable bonds is 6. The monoisotopic (exact) mass is 514 g/mol. The number of benzene rings is 1. The minimum absolute atomic E-state index is 0.0888. The number of ether oxygens (including phenoxy) is 1. The van der Waals surface area contributed by atoms with Crippen LogP contribution in [-0.4, -0.2) is 53.1 Å². The van der Waals surface area contributed by atoms with Gasteiger partial charge in [-0.2, -0.15) is 0 Å². The minimum atomic E-state index is -0.817. The fraction of sp³-hybridized carbons (Fsp3) is 0.586. The number of piperidine rings is 1. The number of nitrogens with zero attached hydrogens (tertiary/aromatic N) is 2. The Labute approximate surface area is 220 Å². The zero-order valence-electron chi connectivity index (χ0n) is 22.5. The molecule has 3 heterocycles. The van der Waals surface area contributed by atoms with Crippen LogP contribution in [0.15, 0.2) is 23.6 Å². The van der Waals surface area contributed by atoms with Crippen LogP contribution in [0.1, 0.15) is 85.0 Å². The minimum Gasteiger partial charge on any atom is -0.497 e. The summed E-state index contributed by atoms with van der Waals surface area (Å²) < 4.78 is 5.13. The van der Waals surface area contributed by atoms with E-state index in [-0.39, 0.29) is 18.0 Å². The van der Waals surface area contributed by atoms with Gasteiger partial charge in [-0.15, -0.1) is 11.3 Å². The summed E-state index contributed by atoms with van der Waals surface area (Å²) in [6.07, 6.45) is 6.17. The fourth-order valence-electron chi connectivity index (χ4n) is 5.43. The second kappa shape index (κ2) is 13.1. The second-order valence-electron chi connectivity index (χ2n) is 9.96. The van der Waals surface area contributed by atoms with Gasteiger partial charge in [-0.05, 0) is 112 Å². The topological polar surface area (TPSA) is 70.1 Å². The molecule has 36 heavy (non-hydrogen) atoms. The van der Waals surface area contributed by atoms with E-state index in [0.29, 0.717) is 13.0 Å². The highest BCUT2D eigenvalue weighted by molar-refractivity contribution is 7.10. The zero-order chi connectivity index (χ0) is 26.2. The van der Waals surface area contributed by atoms with E-state index in [1.54, 1.807) is 23.3 Å². The highest BCUT2D eigenvalue weighted by Crippen LogP contribution is 2.35. The van der Waals surface area contributed by atoms with Gasteiger partial charge in [-0.1, -0.05) is 6.92 Å². The molecular formula is C29H42N2O4S. The molecule has 1 saturated heterocycles. The molecule has 0 radical (unpaired) electrons. The van der Waals surface area contributed by atoms with Crippen molar-refractivity contribution in [2.24, 2.45) is 0 Å². The molecule has 2 unspecified atom stereocenters. The van der Waals surface area contributed by atoms with Gasteiger partial charge in [0.2, 0.25) is 5.91 Å². The summed E-state index contributed by atoms with van der Waals surface area (Å²) >= 11 is 1.80. The van der Waals surface area contributed by atoms with Crippen LogP contribution in [0, 0.1) is 20.8 Å². The van der Waals surface area contributed by atoms with E-state index < -0.39 is 6.09 Å². The number of hydrogen-bond acceptors (Lipinski definition) is 4. The Morgan fingerprint density at radius 1 is 1.11 bits per heavy atom. The van der Waals surface area contributed by atoms with Gasteiger partial charge in [0.25, 0.3) is 0 Å². The highest BCUT2D eigenvalue weighted by Gasteiger charge is 2.31. The van der Waals surface area contributed by atoms with Gasteiger partial charge in [0.05, 0.1) is 13.2 Å². The average Bonchev–Trinajstić information content (AvgIpc) is 3.36. The lowest BCUT2D eigenvalue weighted by Gasteiger charge is -2.36. The molecule has 1 aromatic carbocycles. The van der Waals surface area contributed by atoms with E-state index in [0.717, 1.165) is 57.2 Å². The predicted molar refractivity (Wildman–Crippen MR) is 146 cm³/mol. The van der Waals surface area contributed by atoms with E-state index in [4.69, 9.17) is 4.74 Å². The molecule has 0 saturated carbocycles. The molecule has 6 nitrogen and oxygen atoms in total. The molecule has 0 aliphatic carbocycles. The van der Waals surface area contributed by atoms with Crippen LogP contribution >= 0.6 is 11.3 Å². The summed E-state index contributed by atoms with van der Waals surface area (Å²) in [5.74, 6) is 1.17. The van der Waals surface area contributed by atoms with Crippen LogP contribution in [-0.2, 0) is 11.2 Å². The maximum atomic E-state index is 12.8. The standard InChI is InChI=1S/C19H28N2O3S.C10H14O/c1-2-16-15-10-13-25-17(15)9-12-21(16)18(22)8-5-7-14-6-3-4-11-20(14)19(23)24;1-7-5-10(11-4)6-8(2)9(7)3/h10,13-14,16H,2-9,11-12H2,1H3,(H,23,24);5-6H,1-4H3. The van der Waals surface area contributed by atoms with E-state index >= 15 is 0 Å². The highest BCUT2D eigenvalue weighted by atomic mass is 32.1. The van der Waals surface area contributed by atoms with Crippen molar-refractivity contribution >= 4 is 23.3 Å². The Hall–Kier alpha value is -2.54. The largest absolute Gasteiger partial charge is 0.497 e. The van der Waals surface area contributed by atoms with Gasteiger partial charge in [0.15, 0.2) is 0 Å². The lowest BCUT2D eigenvalue weighted by Crippen LogP contribution is -2.43. The third-order valence-corrected chi connectivity index (χ3v) is 8.74. The van der Waals surface area contributed by atoms with Gasteiger partial charge in [0.1, 0.15) is 5.75 Å². The molecule has 7 heteroatoms. The SMILES string of the molecule is CCC1c2ccsc2CCN1C(=O)CCCC1CCCCN1C(=O)O.COc1cc(C)c(C)c(C)c1. The molecule has 0 spiro atoms. The number of carbonyl (C=O) groups excluding carboxylic acids is 1. The van der Waals surface area contributed by atoms with Crippen molar-refractivity contribution < 1.29 is 19.4 Å². The molecule has 2 aromatic rings. The molecule has 1 fully saturated rings. The van der Waals surface area contributed by atoms with Crippen molar-refractivity contribution in [1.29, 1.82) is 0 Å². The van der Waals surface area contributed by atoms with Gasteiger partial charge < -0.3 is 19.6 Å². The summed E-state index contributed by atoms with van der Waals surface area (Å²) in [6.45, 7) is 9.93. The number of thiophene rings is 1. The van der Waals surface area contributed by atoms with Gasteiger partial charge in [-0.25, -0.2) is 4.79 Å². The third kappa shape index (κ3) is 6.81. The van der Waals surface area contributed by atoms with Gasteiger partial charge in [-0.3, -0.25) is 4.79 Å². The van der Waals surface area contributed by atoms with Crippen molar-refractivity contribution in [3.8, 4) is 5.75 Å². The number of hydrogen-bond donors (Lipinski definition) is 1. The van der Waals surface area contributed by atoms with Crippen molar-refractivity contribution in [3.05, 3.63) is 50.7 Å². The summed E-state index contributed by atoms with van der Waals surface area (Å²) in [4.78, 5) is 29.1. The molecule has 1 N–H and O–H groups in total. The quantitative estimate of drug-likeness (QED) is 0.455. The number of carboxylic acid groups (broad SMARTS) is 1. The van der Waals surface area contributed by atoms with Gasteiger partial charge in [0, 0.05) is 30.4 Å². The van der Waals surface area contributed by atoms with Crippen molar-refractivity contribution in [2.45, 2.75) is 91.1 Å². The van der Waals surface area contributed by atoms with Crippen molar-refractivity contribution in [1.82, 2.24) is 9.80 Å². The van der Waals surface area contributed by atoms with Crippen LogP contribution in [0.5, 0.6) is 5.75 Å². The lowest BCUT2D eigenvalue weighted by molar-refractivity contribution is -0.134. The molecule has 198 valence electrons. The molecular weight excluding hydrogens is 472 g/mol. The molecule has 1 aromatic heterocycles. The first-order valence-electron chi connectivity index (χ1n) is 13.2. The van der Waals surface area contributed by atoms with Crippen LogP contribution in [0.2, 0.25) is 0 Å². The summed E-state index contributed by atoms with van der Waals surface area (Å²) in [6, 6.07) is 6.59. The number of carbonyl (C=O) groups is 2. The predicted octanol–water partition coefficient (Wildman–Crippen LogP) is 6.91.